The number of carbonyl (C=O) groups excluding carboxylic acids is 1. The van der Waals surface area contributed by atoms with Gasteiger partial charge >= 0.3 is 0 Å². The van der Waals surface area contributed by atoms with Crippen LogP contribution in [-0.2, 0) is 9.53 Å². The van der Waals surface area contributed by atoms with Crippen molar-refractivity contribution in [2.24, 2.45) is 11.1 Å². The Labute approximate surface area is 127 Å². The molecule has 5 nitrogen and oxygen atoms in total. The smallest absolute Gasteiger partial charge is 0.233 e. The molecule has 1 aliphatic heterocycles. The second kappa shape index (κ2) is 7.90. The first-order valence-corrected chi connectivity index (χ1v) is 7.67. The maximum atomic E-state index is 12.4. The van der Waals surface area contributed by atoms with Gasteiger partial charge in [-0.3, -0.25) is 4.79 Å². The van der Waals surface area contributed by atoms with Crippen molar-refractivity contribution in [2.45, 2.75) is 39.2 Å². The largest absolute Gasteiger partial charge is 0.392 e. The Hall–Kier alpha value is -0.720. The number of amides is 1. The second-order valence-corrected chi connectivity index (χ2v) is 6.18. The topological polar surface area (TPSA) is 67.6 Å². The lowest BCUT2D eigenvalue weighted by atomic mass is 9.79. The third-order valence-electron chi connectivity index (χ3n) is 4.11. The molecular formula is C14H27N3O2S. The highest BCUT2D eigenvalue weighted by atomic mass is 32.1. The molecule has 6 heteroatoms. The standard InChI is InChI=1S/C14H27N3O2S/c1-11(2)17(3)8-4-7-16-13(18)14(12(15)20)5-9-19-10-6-14/h11H,4-10H2,1-3H3,(H2,15,20)(H,16,18). The molecule has 1 aliphatic rings. The summed E-state index contributed by atoms with van der Waals surface area (Å²) in [5.41, 5.74) is 5.09. The van der Waals surface area contributed by atoms with Crippen LogP contribution in [0.25, 0.3) is 0 Å². The molecular weight excluding hydrogens is 274 g/mol. The fourth-order valence-electron chi connectivity index (χ4n) is 2.26. The van der Waals surface area contributed by atoms with Gasteiger partial charge in [-0.25, -0.2) is 0 Å². The zero-order valence-corrected chi connectivity index (χ0v) is 13.6. The van der Waals surface area contributed by atoms with Crippen molar-refractivity contribution in [3.63, 3.8) is 0 Å². The summed E-state index contributed by atoms with van der Waals surface area (Å²) in [5, 5.41) is 2.98. The third kappa shape index (κ3) is 4.40. The van der Waals surface area contributed by atoms with Crippen molar-refractivity contribution in [1.82, 2.24) is 10.2 Å². The van der Waals surface area contributed by atoms with Gasteiger partial charge in [0.1, 0.15) is 5.41 Å². The van der Waals surface area contributed by atoms with Crippen molar-refractivity contribution in [3.8, 4) is 0 Å². The predicted octanol–water partition coefficient (Wildman–Crippen LogP) is 0.916. The fourth-order valence-corrected chi connectivity index (χ4v) is 2.56. The van der Waals surface area contributed by atoms with Crippen LogP contribution in [-0.4, -0.2) is 55.2 Å². The fraction of sp³-hybridized carbons (Fsp3) is 0.857. The predicted molar refractivity (Wildman–Crippen MR) is 84.7 cm³/mol. The molecule has 0 radical (unpaired) electrons. The van der Waals surface area contributed by atoms with Gasteiger partial charge in [-0.1, -0.05) is 12.2 Å². The van der Waals surface area contributed by atoms with Gasteiger partial charge in [0.2, 0.25) is 5.91 Å². The third-order valence-corrected chi connectivity index (χ3v) is 4.50. The SMILES string of the molecule is CC(C)N(C)CCCNC(=O)C1(C(N)=S)CCOCC1. The summed E-state index contributed by atoms with van der Waals surface area (Å²) in [5.74, 6) is -0.0412. The summed E-state index contributed by atoms with van der Waals surface area (Å²) in [7, 11) is 2.08. The monoisotopic (exact) mass is 301 g/mol. The van der Waals surface area contributed by atoms with E-state index in [9.17, 15) is 4.79 Å². The molecule has 1 amide bonds. The summed E-state index contributed by atoms with van der Waals surface area (Å²) < 4.78 is 5.31. The van der Waals surface area contributed by atoms with Gasteiger partial charge in [-0.15, -0.1) is 0 Å². The summed E-state index contributed by atoms with van der Waals surface area (Å²) in [4.78, 5) is 14.9. The van der Waals surface area contributed by atoms with E-state index in [1.165, 1.54) is 0 Å². The molecule has 20 heavy (non-hydrogen) atoms. The Morgan fingerprint density at radius 2 is 2.05 bits per heavy atom. The number of carbonyl (C=O) groups is 1. The molecule has 3 N–H and O–H groups in total. The molecule has 116 valence electrons. The molecule has 1 saturated heterocycles. The summed E-state index contributed by atoms with van der Waals surface area (Å²) in [6.45, 7) is 7.01. The lowest BCUT2D eigenvalue weighted by Gasteiger charge is -2.34. The maximum Gasteiger partial charge on any atom is 0.233 e. The number of nitrogens with one attached hydrogen (secondary N) is 1. The summed E-state index contributed by atoms with van der Waals surface area (Å²) >= 11 is 5.11. The van der Waals surface area contributed by atoms with E-state index in [1.807, 2.05) is 0 Å². The zero-order chi connectivity index (χ0) is 15.2. The first-order chi connectivity index (χ1) is 9.40. The second-order valence-electron chi connectivity index (χ2n) is 5.74. The lowest BCUT2D eigenvalue weighted by Crippen LogP contribution is -2.52. The van der Waals surface area contributed by atoms with Crippen LogP contribution in [0.2, 0.25) is 0 Å². The van der Waals surface area contributed by atoms with Gasteiger partial charge in [-0.05, 0) is 46.7 Å². The van der Waals surface area contributed by atoms with Crippen molar-refractivity contribution >= 4 is 23.1 Å². The molecule has 0 bridgehead atoms. The van der Waals surface area contributed by atoms with Crippen molar-refractivity contribution < 1.29 is 9.53 Å². The minimum absolute atomic E-state index is 0.0412. The number of thiocarbonyl (C=S) groups is 1. The van der Waals surface area contributed by atoms with Crippen molar-refractivity contribution in [1.29, 1.82) is 0 Å². The van der Waals surface area contributed by atoms with E-state index in [1.54, 1.807) is 0 Å². The van der Waals surface area contributed by atoms with Gasteiger partial charge in [-0.2, -0.15) is 0 Å². The average Bonchev–Trinajstić information content (AvgIpc) is 2.43. The van der Waals surface area contributed by atoms with Crippen LogP contribution in [0, 0.1) is 5.41 Å². The minimum atomic E-state index is -0.711. The highest BCUT2D eigenvalue weighted by Crippen LogP contribution is 2.31. The Balaban J connectivity index is 2.42. The molecule has 1 fully saturated rings. The van der Waals surface area contributed by atoms with E-state index in [2.05, 4.69) is 31.1 Å². The highest BCUT2D eigenvalue weighted by Gasteiger charge is 2.42. The quantitative estimate of drug-likeness (QED) is 0.540. The molecule has 0 atom stereocenters. The van der Waals surface area contributed by atoms with Gasteiger partial charge in [0.25, 0.3) is 0 Å². The molecule has 0 saturated carbocycles. The molecule has 1 heterocycles. The van der Waals surface area contributed by atoms with E-state index >= 15 is 0 Å². The normalized spacial score (nSPS) is 18.2. The van der Waals surface area contributed by atoms with E-state index in [-0.39, 0.29) is 10.9 Å². The van der Waals surface area contributed by atoms with Crippen LogP contribution in [0.3, 0.4) is 0 Å². The van der Waals surface area contributed by atoms with Crippen molar-refractivity contribution in [2.75, 3.05) is 33.4 Å². The Morgan fingerprint density at radius 1 is 1.45 bits per heavy atom. The van der Waals surface area contributed by atoms with Gasteiger partial charge < -0.3 is 20.7 Å². The number of nitrogens with zero attached hydrogens (tertiary/aromatic N) is 1. The Bertz CT molecular complexity index is 341. The average molecular weight is 301 g/mol. The number of hydrogen-bond donors (Lipinski definition) is 2. The van der Waals surface area contributed by atoms with E-state index in [0.717, 1.165) is 13.0 Å². The van der Waals surface area contributed by atoms with Gasteiger partial charge in [0.05, 0.1) is 4.99 Å². The van der Waals surface area contributed by atoms with Crippen LogP contribution in [0.15, 0.2) is 0 Å². The number of nitrogens with two attached hydrogens (primary N) is 1. The molecule has 0 aliphatic carbocycles. The van der Waals surface area contributed by atoms with Crippen LogP contribution in [0.5, 0.6) is 0 Å². The van der Waals surface area contributed by atoms with Crippen LogP contribution in [0.1, 0.15) is 33.1 Å². The highest BCUT2D eigenvalue weighted by molar-refractivity contribution is 7.80. The Morgan fingerprint density at radius 3 is 2.55 bits per heavy atom. The van der Waals surface area contributed by atoms with E-state index in [0.29, 0.717) is 38.6 Å². The zero-order valence-electron chi connectivity index (χ0n) is 12.8. The van der Waals surface area contributed by atoms with Crippen LogP contribution < -0.4 is 11.1 Å². The molecule has 0 aromatic carbocycles. The molecule has 1 rings (SSSR count). The molecule has 0 aromatic rings. The van der Waals surface area contributed by atoms with E-state index < -0.39 is 5.41 Å². The maximum absolute atomic E-state index is 12.4. The minimum Gasteiger partial charge on any atom is -0.392 e. The van der Waals surface area contributed by atoms with Gasteiger partial charge in [0, 0.05) is 25.8 Å². The summed E-state index contributed by atoms with van der Waals surface area (Å²) in [6, 6.07) is 0.518. The molecule has 0 spiro atoms. The first kappa shape index (κ1) is 17.3. The van der Waals surface area contributed by atoms with Crippen molar-refractivity contribution in [3.05, 3.63) is 0 Å². The van der Waals surface area contributed by atoms with Crippen LogP contribution >= 0.6 is 12.2 Å². The number of ether oxygens (including phenoxy) is 1. The summed E-state index contributed by atoms with van der Waals surface area (Å²) in [6.07, 6.45) is 2.09. The van der Waals surface area contributed by atoms with Crippen LogP contribution in [0.4, 0.5) is 0 Å². The Kier molecular flexibility index (Phi) is 6.85. The molecule has 0 aromatic heterocycles. The number of hydrogen-bond acceptors (Lipinski definition) is 4. The number of rotatable bonds is 7. The lowest BCUT2D eigenvalue weighted by molar-refractivity contribution is -0.131. The van der Waals surface area contributed by atoms with Gasteiger partial charge in [0.15, 0.2) is 0 Å². The molecule has 0 unspecified atom stereocenters. The first-order valence-electron chi connectivity index (χ1n) is 7.26. The van der Waals surface area contributed by atoms with E-state index in [4.69, 9.17) is 22.7 Å².